The Labute approximate surface area is 133 Å². The number of carbonyl (C=O) groups is 1. The Morgan fingerprint density at radius 3 is 2.17 bits per heavy atom. The molecule has 5 heteroatoms. The van der Waals surface area contributed by atoms with Crippen molar-refractivity contribution in [1.82, 2.24) is 5.32 Å². The molecule has 0 radical (unpaired) electrons. The Hall–Kier alpha value is -2.30. The maximum atomic E-state index is 12.8. The van der Waals surface area contributed by atoms with Crippen molar-refractivity contribution in [2.24, 2.45) is 0 Å². The summed E-state index contributed by atoms with van der Waals surface area (Å²) in [6.07, 6.45) is -4.38. The van der Waals surface area contributed by atoms with Gasteiger partial charge in [-0.25, -0.2) is 0 Å². The van der Waals surface area contributed by atoms with Gasteiger partial charge in [0, 0.05) is 17.5 Å². The zero-order valence-electron chi connectivity index (χ0n) is 12.9. The van der Waals surface area contributed by atoms with Gasteiger partial charge in [0.1, 0.15) is 0 Å². The Morgan fingerprint density at radius 1 is 0.957 bits per heavy atom. The number of hydrogen-bond donors (Lipinski definition) is 1. The summed E-state index contributed by atoms with van der Waals surface area (Å²) in [5.41, 5.74) is -0.253. The Bertz CT molecular complexity index is 678. The second kappa shape index (κ2) is 6.44. The molecule has 2 aromatic carbocycles. The number of amides is 1. The maximum absolute atomic E-state index is 12.8. The molecule has 0 saturated carbocycles. The van der Waals surface area contributed by atoms with Crippen LogP contribution in [0.2, 0.25) is 0 Å². The zero-order valence-corrected chi connectivity index (χ0v) is 12.9. The van der Waals surface area contributed by atoms with E-state index in [9.17, 15) is 18.0 Å². The van der Waals surface area contributed by atoms with Crippen molar-refractivity contribution >= 4 is 5.91 Å². The van der Waals surface area contributed by atoms with Gasteiger partial charge in [-0.3, -0.25) is 4.79 Å². The highest BCUT2D eigenvalue weighted by Crippen LogP contribution is 2.32. The molecule has 1 N–H and O–H groups in total. The number of halogens is 3. The maximum Gasteiger partial charge on any atom is 0.416 e. The van der Waals surface area contributed by atoms with E-state index in [1.807, 2.05) is 6.07 Å². The lowest BCUT2D eigenvalue weighted by Gasteiger charge is -2.26. The van der Waals surface area contributed by atoms with Gasteiger partial charge in [0.2, 0.25) is 0 Å². The average Bonchev–Trinajstić information content (AvgIpc) is 2.53. The third kappa shape index (κ3) is 4.34. The lowest BCUT2D eigenvalue weighted by atomic mass is 9.83. The van der Waals surface area contributed by atoms with Crippen LogP contribution in [0.1, 0.15) is 35.3 Å². The highest BCUT2D eigenvalue weighted by Gasteiger charge is 2.32. The van der Waals surface area contributed by atoms with Gasteiger partial charge in [-0.2, -0.15) is 13.2 Å². The summed E-state index contributed by atoms with van der Waals surface area (Å²) in [5.74, 6) is -0.245. The van der Waals surface area contributed by atoms with Gasteiger partial charge in [-0.15, -0.1) is 0 Å². The summed E-state index contributed by atoms with van der Waals surface area (Å²) >= 11 is 0. The summed E-state index contributed by atoms with van der Waals surface area (Å²) < 4.78 is 38.5. The van der Waals surface area contributed by atoms with Gasteiger partial charge in [-0.1, -0.05) is 50.2 Å². The number of hydrogen-bond acceptors (Lipinski definition) is 1. The van der Waals surface area contributed by atoms with Gasteiger partial charge in [0.25, 0.3) is 5.91 Å². The number of rotatable bonds is 4. The molecule has 2 rings (SSSR count). The van der Waals surface area contributed by atoms with Crippen LogP contribution in [-0.4, -0.2) is 12.5 Å². The average molecular weight is 321 g/mol. The number of carbonyl (C=O) groups excluding carboxylic acids is 1. The molecule has 0 saturated heterocycles. The van der Waals surface area contributed by atoms with Crippen LogP contribution >= 0.6 is 0 Å². The second-order valence-corrected chi connectivity index (χ2v) is 6.01. The van der Waals surface area contributed by atoms with Crippen molar-refractivity contribution in [3.63, 3.8) is 0 Å². The van der Waals surface area contributed by atoms with E-state index in [1.54, 1.807) is 44.2 Å². The minimum absolute atomic E-state index is 0.238. The zero-order chi connectivity index (χ0) is 17.1. The van der Waals surface area contributed by atoms with Crippen LogP contribution in [0.3, 0.4) is 0 Å². The van der Waals surface area contributed by atoms with Crippen molar-refractivity contribution in [3.8, 4) is 0 Å². The molecule has 0 aliphatic rings. The highest BCUT2D eigenvalue weighted by molar-refractivity contribution is 5.94. The fourth-order valence-electron chi connectivity index (χ4n) is 2.21. The second-order valence-electron chi connectivity index (χ2n) is 6.01. The van der Waals surface area contributed by atoms with Gasteiger partial charge >= 0.3 is 6.18 Å². The first-order chi connectivity index (χ1) is 10.7. The van der Waals surface area contributed by atoms with Crippen LogP contribution in [0.4, 0.5) is 13.2 Å². The monoisotopic (exact) mass is 321 g/mol. The Kier molecular flexibility index (Phi) is 4.78. The van der Waals surface area contributed by atoms with Crippen molar-refractivity contribution in [2.45, 2.75) is 25.4 Å². The van der Waals surface area contributed by atoms with E-state index < -0.39 is 17.2 Å². The van der Waals surface area contributed by atoms with Crippen molar-refractivity contribution in [2.75, 3.05) is 6.54 Å². The number of alkyl halides is 3. The molecule has 0 aromatic heterocycles. The largest absolute Gasteiger partial charge is 0.416 e. The summed E-state index contributed by atoms with van der Waals surface area (Å²) in [6.45, 7) is 3.84. The third-order valence-electron chi connectivity index (χ3n) is 3.70. The number of benzene rings is 2. The topological polar surface area (TPSA) is 29.1 Å². The van der Waals surface area contributed by atoms with Gasteiger partial charge < -0.3 is 5.32 Å². The lowest BCUT2D eigenvalue weighted by Crippen LogP contribution is -2.36. The highest BCUT2D eigenvalue weighted by atomic mass is 19.4. The fraction of sp³-hybridized carbons (Fsp3) is 0.278. The van der Waals surface area contributed by atoms with Crippen LogP contribution < -0.4 is 5.32 Å². The normalized spacial score (nSPS) is 12.0. The van der Waals surface area contributed by atoms with Crippen LogP contribution in [0.25, 0.3) is 0 Å². The molecule has 0 aliphatic heterocycles. The molecule has 2 aromatic rings. The van der Waals surface area contributed by atoms with Crippen molar-refractivity contribution < 1.29 is 18.0 Å². The Morgan fingerprint density at radius 2 is 1.57 bits per heavy atom. The molecular formula is C18H18F3NO. The van der Waals surface area contributed by atoms with Crippen molar-refractivity contribution in [3.05, 3.63) is 71.3 Å². The van der Waals surface area contributed by atoms with E-state index in [-0.39, 0.29) is 12.5 Å². The van der Waals surface area contributed by atoms with E-state index in [4.69, 9.17) is 0 Å². The molecule has 122 valence electrons. The van der Waals surface area contributed by atoms with Gasteiger partial charge in [0.05, 0.1) is 5.56 Å². The summed E-state index contributed by atoms with van der Waals surface area (Å²) in [7, 11) is 0. The summed E-state index contributed by atoms with van der Waals surface area (Å²) in [4.78, 5) is 12.1. The first kappa shape index (κ1) is 17.1. The standard InChI is InChI=1S/C18H18F3NO/c1-17(2,12-22-16(23)13-7-4-3-5-8-13)14-9-6-10-15(11-14)18(19,20)21/h3-11H,12H2,1-2H3,(H,22,23). The summed E-state index contributed by atoms with van der Waals surface area (Å²) in [6, 6.07) is 13.9. The minimum Gasteiger partial charge on any atom is -0.351 e. The first-order valence-electron chi connectivity index (χ1n) is 7.21. The third-order valence-corrected chi connectivity index (χ3v) is 3.70. The number of nitrogens with one attached hydrogen (secondary N) is 1. The van der Waals surface area contributed by atoms with Gasteiger partial charge in [-0.05, 0) is 23.8 Å². The summed E-state index contributed by atoms with van der Waals surface area (Å²) in [5, 5.41) is 2.78. The molecule has 1 amide bonds. The molecule has 0 atom stereocenters. The van der Waals surface area contributed by atoms with E-state index in [0.29, 0.717) is 11.1 Å². The molecule has 0 heterocycles. The van der Waals surface area contributed by atoms with Crippen LogP contribution in [0.15, 0.2) is 54.6 Å². The predicted octanol–water partition coefficient (Wildman–Crippen LogP) is 4.41. The smallest absolute Gasteiger partial charge is 0.351 e. The molecule has 2 nitrogen and oxygen atoms in total. The Balaban J connectivity index is 2.11. The molecule has 0 fully saturated rings. The van der Waals surface area contributed by atoms with Crippen LogP contribution in [0, 0.1) is 0 Å². The molecule has 0 unspecified atom stereocenters. The van der Waals surface area contributed by atoms with E-state index in [0.717, 1.165) is 12.1 Å². The SMILES string of the molecule is CC(C)(CNC(=O)c1ccccc1)c1cccc(C(F)(F)F)c1. The molecule has 0 bridgehead atoms. The molecular weight excluding hydrogens is 303 g/mol. The van der Waals surface area contributed by atoms with E-state index in [1.165, 1.54) is 6.07 Å². The van der Waals surface area contributed by atoms with Gasteiger partial charge in [0.15, 0.2) is 0 Å². The first-order valence-corrected chi connectivity index (χ1v) is 7.21. The minimum atomic E-state index is -4.38. The molecule has 0 aliphatic carbocycles. The van der Waals surface area contributed by atoms with Crippen molar-refractivity contribution in [1.29, 1.82) is 0 Å². The fourth-order valence-corrected chi connectivity index (χ4v) is 2.21. The lowest BCUT2D eigenvalue weighted by molar-refractivity contribution is -0.137. The van der Waals surface area contributed by atoms with E-state index in [2.05, 4.69) is 5.32 Å². The van der Waals surface area contributed by atoms with E-state index >= 15 is 0 Å². The molecule has 0 spiro atoms. The quantitative estimate of drug-likeness (QED) is 0.888. The predicted molar refractivity (Wildman–Crippen MR) is 83.2 cm³/mol. The molecule has 23 heavy (non-hydrogen) atoms. The van der Waals surface area contributed by atoms with Crippen LogP contribution in [0.5, 0.6) is 0 Å². The van der Waals surface area contributed by atoms with Crippen LogP contribution in [-0.2, 0) is 11.6 Å².